The van der Waals surface area contributed by atoms with Crippen LogP contribution in [0, 0.1) is 0 Å². The molecule has 0 aliphatic rings. The Balaban J connectivity index is 1.81. The van der Waals surface area contributed by atoms with Gasteiger partial charge in [-0.2, -0.15) is 4.57 Å². The normalized spacial score (nSPS) is 11.5. The molecular weight excluding hydrogens is 296 g/mol. The number of rotatable bonds is 2. The van der Waals surface area contributed by atoms with Gasteiger partial charge in [-0.25, -0.2) is 0 Å². The minimum Gasteiger partial charge on any atom is -0.506 e. The molecule has 0 radical (unpaired) electrons. The van der Waals surface area contributed by atoms with Crippen LogP contribution in [0.25, 0.3) is 34.0 Å². The first-order valence-electron chi connectivity index (χ1n) is 7.86. The third-order valence-corrected chi connectivity index (χ3v) is 4.34. The number of nitrogens with zero attached hydrogens (tertiary/aromatic N) is 2. The van der Waals surface area contributed by atoms with E-state index in [2.05, 4.69) is 59.1 Å². The number of para-hydroxylation sites is 2. The quantitative estimate of drug-likeness (QED) is 0.566. The summed E-state index contributed by atoms with van der Waals surface area (Å²) in [6.07, 6.45) is 5.88. The van der Waals surface area contributed by atoms with Crippen molar-refractivity contribution in [2.75, 3.05) is 0 Å². The summed E-state index contributed by atoms with van der Waals surface area (Å²) in [4.78, 5) is 4.27. The topological polar surface area (TPSA) is 37.0 Å². The standard InChI is InChI=1S/C21H16N2O/c1-23-17(12-10-16-5-2-3-7-19(16)23)11-9-15-13-14-22-21-18(15)6-4-8-20(21)24/h2-14H,1H3/p+1. The molecule has 2 aromatic carbocycles. The van der Waals surface area contributed by atoms with Gasteiger partial charge in [0.05, 0.1) is 0 Å². The molecule has 0 fully saturated rings. The van der Waals surface area contributed by atoms with Crippen LogP contribution >= 0.6 is 0 Å². The zero-order chi connectivity index (χ0) is 16.5. The van der Waals surface area contributed by atoms with Gasteiger partial charge < -0.3 is 5.11 Å². The van der Waals surface area contributed by atoms with Crippen molar-refractivity contribution in [3.63, 3.8) is 0 Å². The molecule has 24 heavy (non-hydrogen) atoms. The number of pyridine rings is 2. The van der Waals surface area contributed by atoms with E-state index in [4.69, 9.17) is 0 Å². The Bertz CT molecular complexity index is 1080. The molecule has 1 N–H and O–H groups in total. The van der Waals surface area contributed by atoms with Crippen molar-refractivity contribution in [1.29, 1.82) is 0 Å². The maximum atomic E-state index is 9.95. The van der Waals surface area contributed by atoms with Gasteiger partial charge in [-0.1, -0.05) is 24.3 Å². The minimum absolute atomic E-state index is 0.207. The third kappa shape index (κ3) is 2.40. The molecule has 4 aromatic rings. The number of aryl methyl sites for hydroxylation is 1. The maximum absolute atomic E-state index is 9.95. The highest BCUT2D eigenvalue weighted by Gasteiger charge is 2.09. The van der Waals surface area contributed by atoms with Crippen molar-refractivity contribution in [2.24, 2.45) is 7.05 Å². The molecule has 0 saturated carbocycles. The molecule has 0 aliphatic heterocycles. The number of phenols is 1. The second-order valence-corrected chi connectivity index (χ2v) is 5.78. The van der Waals surface area contributed by atoms with Crippen LogP contribution in [-0.4, -0.2) is 10.1 Å². The van der Waals surface area contributed by atoms with Gasteiger partial charge in [0.15, 0.2) is 0 Å². The van der Waals surface area contributed by atoms with Crippen LogP contribution in [0.3, 0.4) is 0 Å². The lowest BCUT2D eigenvalue weighted by Crippen LogP contribution is -2.32. The van der Waals surface area contributed by atoms with E-state index in [-0.39, 0.29) is 5.75 Å². The molecule has 116 valence electrons. The molecule has 0 spiro atoms. The Kier molecular flexibility index (Phi) is 3.47. The highest BCUT2D eigenvalue weighted by molar-refractivity contribution is 5.93. The molecule has 0 saturated heterocycles. The second-order valence-electron chi connectivity index (χ2n) is 5.78. The van der Waals surface area contributed by atoms with E-state index in [9.17, 15) is 5.11 Å². The number of aromatic hydroxyl groups is 1. The highest BCUT2D eigenvalue weighted by Crippen LogP contribution is 2.25. The molecular formula is C21H17N2O+. The van der Waals surface area contributed by atoms with E-state index in [1.165, 1.54) is 10.9 Å². The van der Waals surface area contributed by atoms with Crippen LogP contribution in [0.2, 0.25) is 0 Å². The fourth-order valence-corrected chi connectivity index (χ4v) is 3.03. The smallest absolute Gasteiger partial charge is 0.212 e. The fourth-order valence-electron chi connectivity index (χ4n) is 3.03. The lowest BCUT2D eigenvalue weighted by molar-refractivity contribution is -0.646. The second kappa shape index (κ2) is 5.78. The number of benzene rings is 2. The van der Waals surface area contributed by atoms with Gasteiger partial charge in [0, 0.05) is 35.2 Å². The van der Waals surface area contributed by atoms with Gasteiger partial charge in [-0.05, 0) is 35.9 Å². The predicted molar refractivity (Wildman–Crippen MR) is 97.5 cm³/mol. The minimum atomic E-state index is 0.207. The molecule has 0 bridgehead atoms. The van der Waals surface area contributed by atoms with Crippen molar-refractivity contribution >= 4 is 34.0 Å². The summed E-state index contributed by atoms with van der Waals surface area (Å²) in [5.74, 6) is 0.207. The van der Waals surface area contributed by atoms with Gasteiger partial charge in [0.25, 0.3) is 0 Å². The summed E-state index contributed by atoms with van der Waals surface area (Å²) >= 11 is 0. The molecule has 0 atom stereocenters. The van der Waals surface area contributed by atoms with Crippen LogP contribution < -0.4 is 4.57 Å². The first kappa shape index (κ1) is 14.4. The first-order chi connectivity index (χ1) is 11.7. The largest absolute Gasteiger partial charge is 0.506 e. The molecule has 0 amide bonds. The number of fused-ring (bicyclic) bond motifs is 2. The zero-order valence-corrected chi connectivity index (χ0v) is 13.3. The number of hydrogen-bond acceptors (Lipinski definition) is 2. The van der Waals surface area contributed by atoms with E-state index in [1.54, 1.807) is 12.3 Å². The maximum Gasteiger partial charge on any atom is 0.212 e. The van der Waals surface area contributed by atoms with Gasteiger partial charge in [0.1, 0.15) is 18.3 Å². The van der Waals surface area contributed by atoms with Gasteiger partial charge in [-0.15, -0.1) is 0 Å². The van der Waals surface area contributed by atoms with Crippen LogP contribution in [0.15, 0.2) is 66.9 Å². The lowest BCUT2D eigenvalue weighted by Gasteiger charge is -2.03. The molecule has 0 aliphatic carbocycles. The van der Waals surface area contributed by atoms with Gasteiger partial charge >= 0.3 is 0 Å². The third-order valence-electron chi connectivity index (χ3n) is 4.34. The van der Waals surface area contributed by atoms with Crippen LogP contribution in [0.5, 0.6) is 5.75 Å². The highest BCUT2D eigenvalue weighted by atomic mass is 16.3. The Labute approximate surface area is 140 Å². The summed E-state index contributed by atoms with van der Waals surface area (Å²) in [7, 11) is 2.07. The zero-order valence-electron chi connectivity index (χ0n) is 13.3. The summed E-state index contributed by atoms with van der Waals surface area (Å²) in [5.41, 5.74) is 3.96. The van der Waals surface area contributed by atoms with Crippen molar-refractivity contribution < 1.29 is 9.67 Å². The van der Waals surface area contributed by atoms with Crippen molar-refractivity contribution in [1.82, 2.24) is 4.98 Å². The summed E-state index contributed by atoms with van der Waals surface area (Å²) in [5, 5.41) is 12.1. The van der Waals surface area contributed by atoms with Gasteiger partial charge in [0.2, 0.25) is 11.2 Å². The average Bonchev–Trinajstić information content (AvgIpc) is 2.62. The number of hydrogen-bond donors (Lipinski definition) is 1. The van der Waals surface area contributed by atoms with E-state index < -0.39 is 0 Å². The van der Waals surface area contributed by atoms with Crippen molar-refractivity contribution in [3.8, 4) is 5.75 Å². The lowest BCUT2D eigenvalue weighted by atomic mass is 10.1. The number of phenolic OH excluding ortho intramolecular Hbond substituents is 1. The summed E-state index contributed by atoms with van der Waals surface area (Å²) < 4.78 is 2.17. The monoisotopic (exact) mass is 313 g/mol. The molecule has 2 heterocycles. The predicted octanol–water partition coefficient (Wildman–Crippen LogP) is 4.09. The van der Waals surface area contributed by atoms with Crippen molar-refractivity contribution in [3.05, 3.63) is 78.1 Å². The number of aromatic nitrogens is 2. The molecule has 2 aromatic heterocycles. The van der Waals surface area contributed by atoms with Crippen LogP contribution in [0.1, 0.15) is 11.3 Å². The summed E-state index contributed by atoms with van der Waals surface area (Å²) in [6.45, 7) is 0. The van der Waals surface area contributed by atoms with Crippen molar-refractivity contribution in [2.45, 2.75) is 0 Å². The van der Waals surface area contributed by atoms with E-state index in [0.717, 1.165) is 16.6 Å². The average molecular weight is 313 g/mol. The SMILES string of the molecule is C[n+]1c(/C=C/c2ccnc3c(O)cccc23)ccc2ccccc21. The summed E-state index contributed by atoms with van der Waals surface area (Å²) in [6, 6.07) is 20.0. The Morgan fingerprint density at radius 2 is 1.79 bits per heavy atom. The molecule has 4 rings (SSSR count). The Hall–Kier alpha value is -3.20. The molecule has 0 unspecified atom stereocenters. The first-order valence-corrected chi connectivity index (χ1v) is 7.86. The van der Waals surface area contributed by atoms with Gasteiger partial charge in [-0.3, -0.25) is 4.98 Å². The molecule has 3 heteroatoms. The van der Waals surface area contributed by atoms with E-state index in [0.29, 0.717) is 5.52 Å². The van der Waals surface area contributed by atoms with Crippen LogP contribution in [-0.2, 0) is 7.05 Å². The van der Waals surface area contributed by atoms with Crippen LogP contribution in [0.4, 0.5) is 0 Å². The fraction of sp³-hybridized carbons (Fsp3) is 0.0476. The Morgan fingerprint density at radius 1 is 0.917 bits per heavy atom. The molecule has 3 nitrogen and oxygen atoms in total. The van der Waals surface area contributed by atoms with E-state index in [1.807, 2.05) is 24.3 Å². The van der Waals surface area contributed by atoms with E-state index >= 15 is 0 Å². The Morgan fingerprint density at radius 3 is 2.71 bits per heavy atom.